The van der Waals surface area contributed by atoms with E-state index in [1.807, 2.05) is 0 Å². The molecular formula is C14H20N2O3S. The van der Waals surface area contributed by atoms with Crippen LogP contribution >= 0.6 is 11.3 Å². The molecule has 1 aliphatic heterocycles. The fraction of sp³-hybridized carbons (Fsp3) is 0.643. The van der Waals surface area contributed by atoms with E-state index in [-0.39, 0.29) is 17.2 Å². The average molecular weight is 296 g/mol. The van der Waals surface area contributed by atoms with Crippen molar-refractivity contribution < 1.29 is 14.7 Å². The van der Waals surface area contributed by atoms with Crippen LogP contribution in [0.1, 0.15) is 49.1 Å². The number of carbonyl (C=O) groups excluding carboxylic acids is 1. The highest BCUT2D eigenvalue weighted by Crippen LogP contribution is 2.26. The molecule has 2 heterocycles. The van der Waals surface area contributed by atoms with Crippen LogP contribution in [0.4, 0.5) is 0 Å². The van der Waals surface area contributed by atoms with Gasteiger partial charge in [0.05, 0.1) is 10.9 Å². The number of rotatable bonds is 2. The summed E-state index contributed by atoms with van der Waals surface area (Å²) in [7, 11) is 0. The van der Waals surface area contributed by atoms with Crippen molar-refractivity contribution in [3.8, 4) is 0 Å². The molecule has 0 atom stereocenters. The molecule has 1 aliphatic rings. The van der Waals surface area contributed by atoms with Crippen molar-refractivity contribution in [2.45, 2.75) is 39.0 Å². The number of aromatic nitrogens is 1. The molecule has 0 radical (unpaired) electrons. The van der Waals surface area contributed by atoms with Gasteiger partial charge >= 0.3 is 5.97 Å². The van der Waals surface area contributed by atoms with E-state index in [1.165, 1.54) is 11.3 Å². The van der Waals surface area contributed by atoms with Crippen molar-refractivity contribution in [2.75, 3.05) is 13.1 Å². The molecule has 1 N–H and O–H groups in total. The monoisotopic (exact) mass is 296 g/mol. The lowest BCUT2D eigenvalue weighted by molar-refractivity contribution is -0.143. The Morgan fingerprint density at radius 2 is 1.95 bits per heavy atom. The summed E-state index contributed by atoms with van der Waals surface area (Å²) < 4.78 is 0. The fourth-order valence-corrected chi connectivity index (χ4v) is 3.09. The first-order chi connectivity index (χ1) is 9.29. The zero-order chi connectivity index (χ0) is 14.9. The molecule has 5 nitrogen and oxygen atoms in total. The highest BCUT2D eigenvalue weighted by molar-refractivity contribution is 7.10. The Balaban J connectivity index is 2.02. The fourth-order valence-electron chi connectivity index (χ4n) is 2.21. The number of hydrogen-bond acceptors (Lipinski definition) is 4. The molecule has 6 heteroatoms. The summed E-state index contributed by atoms with van der Waals surface area (Å²) in [5.74, 6) is -1.17. The molecule has 2 rings (SSSR count). The maximum Gasteiger partial charge on any atom is 0.306 e. The molecule has 0 aromatic carbocycles. The van der Waals surface area contributed by atoms with E-state index in [0.717, 1.165) is 5.01 Å². The summed E-state index contributed by atoms with van der Waals surface area (Å²) >= 11 is 1.50. The van der Waals surface area contributed by atoms with E-state index in [9.17, 15) is 9.59 Å². The van der Waals surface area contributed by atoms with Crippen molar-refractivity contribution in [3.05, 3.63) is 16.1 Å². The second-order valence-electron chi connectivity index (χ2n) is 6.19. The van der Waals surface area contributed by atoms with E-state index >= 15 is 0 Å². The largest absolute Gasteiger partial charge is 0.481 e. The molecule has 0 spiro atoms. The third-order valence-corrected chi connectivity index (χ3v) is 4.76. The molecule has 1 amide bonds. The maximum absolute atomic E-state index is 12.3. The number of likely N-dealkylation sites (tertiary alicyclic amines) is 1. The third-order valence-electron chi connectivity index (χ3n) is 3.50. The van der Waals surface area contributed by atoms with Crippen molar-refractivity contribution in [2.24, 2.45) is 5.92 Å². The van der Waals surface area contributed by atoms with Crippen LogP contribution < -0.4 is 0 Å². The van der Waals surface area contributed by atoms with Gasteiger partial charge < -0.3 is 10.0 Å². The molecule has 1 aromatic rings. The summed E-state index contributed by atoms with van der Waals surface area (Å²) in [6, 6.07) is 0. The van der Waals surface area contributed by atoms with Crippen molar-refractivity contribution in [3.63, 3.8) is 0 Å². The number of carboxylic acid groups (broad SMARTS) is 1. The minimum atomic E-state index is -0.763. The Morgan fingerprint density at radius 3 is 2.40 bits per heavy atom. The van der Waals surface area contributed by atoms with Crippen LogP contribution in [0.3, 0.4) is 0 Å². The van der Waals surface area contributed by atoms with Crippen LogP contribution in [-0.4, -0.2) is 40.0 Å². The molecule has 20 heavy (non-hydrogen) atoms. The molecule has 0 aliphatic carbocycles. The quantitative estimate of drug-likeness (QED) is 0.909. The first kappa shape index (κ1) is 15.0. The van der Waals surface area contributed by atoms with Gasteiger partial charge in [-0.3, -0.25) is 9.59 Å². The van der Waals surface area contributed by atoms with Crippen molar-refractivity contribution >= 4 is 23.2 Å². The first-order valence-electron chi connectivity index (χ1n) is 6.77. The van der Waals surface area contributed by atoms with Crippen LogP contribution in [0.5, 0.6) is 0 Å². The number of nitrogens with zero attached hydrogens (tertiary/aromatic N) is 2. The van der Waals surface area contributed by atoms with Crippen LogP contribution in [0.25, 0.3) is 0 Å². The highest BCUT2D eigenvalue weighted by Gasteiger charge is 2.29. The number of carboxylic acids is 1. The summed E-state index contributed by atoms with van der Waals surface area (Å²) in [5, 5.41) is 11.7. The summed E-state index contributed by atoms with van der Waals surface area (Å²) in [5.41, 5.74) is 0.424. The SMILES string of the molecule is CC(C)(C)c1nc(C(=O)N2CCC(C(=O)O)CC2)cs1. The van der Waals surface area contributed by atoms with Gasteiger partial charge in [-0.1, -0.05) is 20.8 Å². The van der Waals surface area contributed by atoms with Gasteiger partial charge in [0.25, 0.3) is 5.91 Å². The predicted molar refractivity (Wildman–Crippen MR) is 77.1 cm³/mol. The minimum absolute atomic E-state index is 0.0561. The Hall–Kier alpha value is -1.43. The average Bonchev–Trinajstić information content (AvgIpc) is 2.87. The van der Waals surface area contributed by atoms with E-state index in [0.29, 0.717) is 31.6 Å². The molecule has 0 unspecified atom stereocenters. The summed E-state index contributed by atoms with van der Waals surface area (Å²) in [6.07, 6.45) is 1.05. The van der Waals surface area contributed by atoms with E-state index in [1.54, 1.807) is 10.3 Å². The molecule has 110 valence electrons. The zero-order valence-electron chi connectivity index (χ0n) is 12.0. The molecule has 1 saturated heterocycles. The van der Waals surface area contributed by atoms with Gasteiger partial charge in [0.15, 0.2) is 0 Å². The van der Waals surface area contributed by atoms with Crippen molar-refractivity contribution in [1.29, 1.82) is 0 Å². The van der Waals surface area contributed by atoms with E-state index in [4.69, 9.17) is 5.11 Å². The lowest BCUT2D eigenvalue weighted by Gasteiger charge is -2.29. The van der Waals surface area contributed by atoms with Crippen molar-refractivity contribution in [1.82, 2.24) is 9.88 Å². The number of carbonyl (C=O) groups is 2. The zero-order valence-corrected chi connectivity index (χ0v) is 12.9. The van der Waals surface area contributed by atoms with Crippen LogP contribution in [0, 0.1) is 5.92 Å². The predicted octanol–water partition coefficient (Wildman–Crippen LogP) is 2.38. The number of aliphatic carboxylic acids is 1. The van der Waals surface area contributed by atoms with E-state index in [2.05, 4.69) is 25.8 Å². The number of thiazole rings is 1. The summed E-state index contributed by atoms with van der Waals surface area (Å²) in [4.78, 5) is 29.4. The van der Waals surface area contributed by atoms with Gasteiger partial charge in [-0.15, -0.1) is 11.3 Å². The second kappa shape index (κ2) is 5.52. The number of amides is 1. The highest BCUT2D eigenvalue weighted by atomic mass is 32.1. The lowest BCUT2D eigenvalue weighted by atomic mass is 9.97. The minimum Gasteiger partial charge on any atom is -0.481 e. The van der Waals surface area contributed by atoms with Crippen LogP contribution in [0.2, 0.25) is 0 Å². The Morgan fingerprint density at radius 1 is 1.35 bits per heavy atom. The second-order valence-corrected chi connectivity index (χ2v) is 7.05. The van der Waals surface area contributed by atoms with Gasteiger partial charge in [-0.25, -0.2) is 4.98 Å². The van der Waals surface area contributed by atoms with Crippen LogP contribution in [0.15, 0.2) is 5.38 Å². The molecule has 1 fully saturated rings. The molecule has 0 bridgehead atoms. The number of piperidine rings is 1. The van der Waals surface area contributed by atoms with Gasteiger partial charge in [0.1, 0.15) is 5.69 Å². The molecule has 0 saturated carbocycles. The molecular weight excluding hydrogens is 276 g/mol. The maximum atomic E-state index is 12.3. The standard InChI is InChI=1S/C14H20N2O3S/c1-14(2,3)13-15-10(8-20-13)11(17)16-6-4-9(5-7-16)12(18)19/h8-9H,4-7H2,1-3H3,(H,18,19). The third kappa shape index (κ3) is 3.17. The van der Waals surface area contributed by atoms with Crippen LogP contribution in [-0.2, 0) is 10.2 Å². The smallest absolute Gasteiger partial charge is 0.306 e. The van der Waals surface area contributed by atoms with Gasteiger partial charge in [0, 0.05) is 23.9 Å². The van der Waals surface area contributed by atoms with E-state index < -0.39 is 5.97 Å². The topological polar surface area (TPSA) is 70.5 Å². The summed E-state index contributed by atoms with van der Waals surface area (Å²) in [6.45, 7) is 7.20. The van der Waals surface area contributed by atoms with Gasteiger partial charge in [-0.2, -0.15) is 0 Å². The number of hydrogen-bond donors (Lipinski definition) is 1. The molecule has 1 aromatic heterocycles. The Kier molecular flexibility index (Phi) is 4.13. The first-order valence-corrected chi connectivity index (χ1v) is 7.65. The normalized spacial score (nSPS) is 17.2. The Bertz CT molecular complexity index is 511. The Labute approximate surface area is 122 Å². The van der Waals surface area contributed by atoms with Gasteiger partial charge in [-0.05, 0) is 12.8 Å². The van der Waals surface area contributed by atoms with Gasteiger partial charge in [0.2, 0.25) is 0 Å². The lowest BCUT2D eigenvalue weighted by Crippen LogP contribution is -2.40.